The van der Waals surface area contributed by atoms with E-state index in [1.807, 2.05) is 37.3 Å². The second-order valence-electron chi connectivity index (χ2n) is 4.61. The van der Waals surface area contributed by atoms with Crippen LogP contribution in [-0.2, 0) is 0 Å². The van der Waals surface area contributed by atoms with Crippen molar-refractivity contribution in [2.24, 2.45) is 5.92 Å². The fourth-order valence-electron chi connectivity index (χ4n) is 1.61. The standard InChI is InChI=1S/C17H21ClO/c1-5-14(10-15(6-2)13(3)4)12-19-17-9-7-8-16(18)11-17/h5-11,13H,2,12H2,1,3-4H3/b14-5+,15-10+. The molecule has 0 spiro atoms. The van der Waals surface area contributed by atoms with Gasteiger partial charge in [0.05, 0.1) is 0 Å². The van der Waals surface area contributed by atoms with Gasteiger partial charge in [-0.3, -0.25) is 0 Å². The average molecular weight is 277 g/mol. The largest absolute Gasteiger partial charge is 0.489 e. The van der Waals surface area contributed by atoms with Crippen LogP contribution < -0.4 is 4.74 Å². The summed E-state index contributed by atoms with van der Waals surface area (Å²) in [5.74, 6) is 1.24. The third-order valence-electron chi connectivity index (χ3n) is 2.83. The highest BCUT2D eigenvalue weighted by molar-refractivity contribution is 6.30. The number of benzene rings is 1. The highest BCUT2D eigenvalue weighted by Crippen LogP contribution is 2.19. The van der Waals surface area contributed by atoms with Crippen LogP contribution in [0.15, 0.2) is 60.2 Å². The van der Waals surface area contributed by atoms with Gasteiger partial charge < -0.3 is 4.74 Å². The van der Waals surface area contributed by atoms with Crippen LogP contribution in [0.1, 0.15) is 20.8 Å². The molecule has 0 aliphatic heterocycles. The Hall–Kier alpha value is -1.47. The lowest BCUT2D eigenvalue weighted by Gasteiger charge is -2.10. The number of rotatable bonds is 6. The minimum absolute atomic E-state index is 0.457. The first-order chi connectivity index (χ1) is 9.06. The highest BCUT2D eigenvalue weighted by atomic mass is 35.5. The molecule has 0 heterocycles. The van der Waals surface area contributed by atoms with Crippen LogP contribution in [0.2, 0.25) is 5.02 Å². The van der Waals surface area contributed by atoms with Crippen LogP contribution in [0, 0.1) is 5.92 Å². The number of allylic oxidation sites excluding steroid dienone is 3. The van der Waals surface area contributed by atoms with Gasteiger partial charge >= 0.3 is 0 Å². The Morgan fingerprint density at radius 3 is 2.68 bits per heavy atom. The average Bonchev–Trinajstić information content (AvgIpc) is 2.39. The number of ether oxygens (including phenoxy) is 1. The summed E-state index contributed by atoms with van der Waals surface area (Å²) in [4.78, 5) is 0. The molecule has 1 rings (SSSR count). The van der Waals surface area contributed by atoms with Crippen LogP contribution in [0.25, 0.3) is 0 Å². The van der Waals surface area contributed by atoms with Gasteiger partial charge in [-0.25, -0.2) is 0 Å². The van der Waals surface area contributed by atoms with E-state index < -0.39 is 0 Å². The molecule has 0 aliphatic carbocycles. The Morgan fingerprint density at radius 2 is 2.16 bits per heavy atom. The molecule has 0 atom stereocenters. The molecule has 1 aromatic carbocycles. The zero-order chi connectivity index (χ0) is 14.3. The molecule has 0 saturated carbocycles. The molecule has 0 radical (unpaired) electrons. The zero-order valence-electron chi connectivity index (χ0n) is 11.8. The molecule has 0 aromatic heterocycles. The van der Waals surface area contributed by atoms with Gasteiger partial charge in [-0.1, -0.05) is 56.3 Å². The van der Waals surface area contributed by atoms with Crippen molar-refractivity contribution in [2.45, 2.75) is 20.8 Å². The van der Waals surface area contributed by atoms with Crippen molar-refractivity contribution < 1.29 is 4.74 Å². The lowest BCUT2D eigenvalue weighted by molar-refractivity contribution is 0.355. The van der Waals surface area contributed by atoms with Crippen molar-refractivity contribution >= 4 is 11.6 Å². The topological polar surface area (TPSA) is 9.23 Å². The summed E-state index contributed by atoms with van der Waals surface area (Å²) in [5.41, 5.74) is 2.34. The van der Waals surface area contributed by atoms with E-state index >= 15 is 0 Å². The highest BCUT2D eigenvalue weighted by Gasteiger charge is 2.02. The van der Waals surface area contributed by atoms with Gasteiger partial charge in [0, 0.05) is 5.02 Å². The number of halogens is 1. The number of hydrogen-bond donors (Lipinski definition) is 0. The van der Waals surface area contributed by atoms with Crippen LogP contribution >= 0.6 is 11.6 Å². The van der Waals surface area contributed by atoms with E-state index in [4.69, 9.17) is 16.3 Å². The van der Waals surface area contributed by atoms with Crippen molar-refractivity contribution in [1.82, 2.24) is 0 Å². The molecule has 0 fully saturated rings. The van der Waals surface area contributed by atoms with E-state index in [9.17, 15) is 0 Å². The fourth-order valence-corrected chi connectivity index (χ4v) is 1.79. The molecule has 2 heteroatoms. The van der Waals surface area contributed by atoms with E-state index in [1.54, 1.807) is 0 Å². The Bertz CT molecular complexity index is 484. The molecular weight excluding hydrogens is 256 g/mol. The molecule has 0 saturated heterocycles. The van der Waals surface area contributed by atoms with Gasteiger partial charge in [0.1, 0.15) is 12.4 Å². The third-order valence-corrected chi connectivity index (χ3v) is 3.06. The molecule has 0 N–H and O–H groups in total. The fraction of sp³-hybridized carbons (Fsp3) is 0.294. The summed E-state index contributed by atoms with van der Waals surface area (Å²) in [5, 5.41) is 0.684. The van der Waals surface area contributed by atoms with Crippen LogP contribution in [0.5, 0.6) is 5.75 Å². The SMILES string of the molecule is C=C/C(=C\C(=C/C)COc1cccc(Cl)c1)C(C)C. The van der Waals surface area contributed by atoms with Crippen LogP contribution in [0.3, 0.4) is 0 Å². The molecule has 102 valence electrons. The van der Waals surface area contributed by atoms with Crippen LogP contribution in [-0.4, -0.2) is 6.61 Å². The number of hydrogen-bond acceptors (Lipinski definition) is 1. The van der Waals surface area contributed by atoms with Crippen molar-refractivity contribution in [3.05, 3.63) is 65.2 Å². The smallest absolute Gasteiger partial charge is 0.121 e. The predicted molar refractivity (Wildman–Crippen MR) is 83.8 cm³/mol. The van der Waals surface area contributed by atoms with Crippen LogP contribution in [0.4, 0.5) is 0 Å². The van der Waals surface area contributed by atoms with E-state index in [2.05, 4.69) is 32.6 Å². The van der Waals surface area contributed by atoms with Crippen molar-refractivity contribution in [3.8, 4) is 5.75 Å². The van der Waals surface area contributed by atoms with Gasteiger partial charge in [-0.2, -0.15) is 0 Å². The molecule has 19 heavy (non-hydrogen) atoms. The molecular formula is C17H21ClO. The first-order valence-electron chi connectivity index (χ1n) is 6.44. The summed E-state index contributed by atoms with van der Waals surface area (Å²) in [6.45, 7) is 10.7. The summed E-state index contributed by atoms with van der Waals surface area (Å²) in [7, 11) is 0. The van der Waals surface area contributed by atoms with Crippen molar-refractivity contribution in [2.75, 3.05) is 6.61 Å². The molecule has 1 aromatic rings. The van der Waals surface area contributed by atoms with Gasteiger partial charge in [0.15, 0.2) is 0 Å². The predicted octanol–water partition coefficient (Wildman–Crippen LogP) is 5.43. The minimum Gasteiger partial charge on any atom is -0.489 e. The maximum atomic E-state index is 5.92. The van der Waals surface area contributed by atoms with Gasteiger partial charge in [0.25, 0.3) is 0 Å². The van der Waals surface area contributed by atoms with Gasteiger partial charge in [-0.05, 0) is 42.2 Å². The zero-order valence-corrected chi connectivity index (χ0v) is 12.6. The Morgan fingerprint density at radius 1 is 1.42 bits per heavy atom. The Balaban J connectivity index is 2.71. The van der Waals surface area contributed by atoms with E-state index in [0.29, 0.717) is 17.5 Å². The third kappa shape index (κ3) is 5.35. The van der Waals surface area contributed by atoms with Crippen molar-refractivity contribution in [3.63, 3.8) is 0 Å². The summed E-state index contributed by atoms with van der Waals surface area (Å²) in [6, 6.07) is 7.43. The molecule has 0 unspecified atom stereocenters. The maximum absolute atomic E-state index is 5.92. The molecule has 0 bridgehead atoms. The Kier molecular flexibility index (Phi) is 6.44. The lowest BCUT2D eigenvalue weighted by Crippen LogP contribution is -2.01. The van der Waals surface area contributed by atoms with E-state index in [0.717, 1.165) is 11.3 Å². The maximum Gasteiger partial charge on any atom is 0.121 e. The summed E-state index contributed by atoms with van der Waals surface area (Å²) in [6.07, 6.45) is 6.08. The first-order valence-corrected chi connectivity index (χ1v) is 6.82. The van der Waals surface area contributed by atoms with E-state index in [-0.39, 0.29) is 0 Å². The quantitative estimate of drug-likeness (QED) is 0.629. The molecule has 0 aliphatic rings. The lowest BCUT2D eigenvalue weighted by atomic mass is 10.0. The second kappa shape index (κ2) is 7.85. The molecule has 0 amide bonds. The second-order valence-corrected chi connectivity index (χ2v) is 5.05. The summed E-state index contributed by atoms with van der Waals surface area (Å²) >= 11 is 5.92. The van der Waals surface area contributed by atoms with Crippen molar-refractivity contribution in [1.29, 1.82) is 0 Å². The van der Waals surface area contributed by atoms with Gasteiger partial charge in [-0.15, -0.1) is 0 Å². The van der Waals surface area contributed by atoms with Gasteiger partial charge in [0.2, 0.25) is 0 Å². The Labute approximate surface area is 121 Å². The molecule has 1 nitrogen and oxygen atoms in total. The first kappa shape index (κ1) is 15.6. The monoisotopic (exact) mass is 276 g/mol. The normalized spacial score (nSPS) is 12.7. The summed E-state index contributed by atoms with van der Waals surface area (Å²) < 4.78 is 5.73. The minimum atomic E-state index is 0.457. The van der Waals surface area contributed by atoms with E-state index in [1.165, 1.54) is 5.57 Å².